The predicted octanol–water partition coefficient (Wildman–Crippen LogP) is 3.76. The van der Waals surface area contributed by atoms with E-state index < -0.39 is 15.9 Å². The van der Waals surface area contributed by atoms with Crippen LogP contribution in [0.1, 0.15) is 11.1 Å². The molecule has 7 heteroatoms. The van der Waals surface area contributed by atoms with Crippen molar-refractivity contribution in [2.24, 2.45) is 0 Å². The van der Waals surface area contributed by atoms with Crippen molar-refractivity contribution in [2.45, 2.75) is 17.6 Å². The number of aryl methyl sites for hydroxylation is 1. The van der Waals surface area contributed by atoms with Crippen LogP contribution in [0, 0.1) is 18.3 Å². The van der Waals surface area contributed by atoms with Crippen LogP contribution >= 0.6 is 0 Å². The quantitative estimate of drug-likeness (QED) is 0.399. The molecule has 0 N–H and O–H groups in total. The van der Waals surface area contributed by atoms with Crippen molar-refractivity contribution in [1.29, 1.82) is 5.26 Å². The van der Waals surface area contributed by atoms with E-state index in [4.69, 9.17) is 13.7 Å². The predicted molar refractivity (Wildman–Crippen MR) is 95.3 cm³/mol. The second-order valence-corrected chi connectivity index (χ2v) is 6.69. The molecular weight excluding hydrogens is 354 g/mol. The van der Waals surface area contributed by atoms with Crippen LogP contribution in [-0.2, 0) is 25.4 Å². The van der Waals surface area contributed by atoms with Crippen molar-refractivity contribution in [2.75, 3.05) is 0 Å². The summed E-state index contributed by atoms with van der Waals surface area (Å²) in [5.74, 6) is -2.10. The molecule has 0 aliphatic carbocycles. The Hall–Kier alpha value is -3.24. The summed E-state index contributed by atoms with van der Waals surface area (Å²) in [6.45, 7) is 8.67. The van der Waals surface area contributed by atoms with Crippen LogP contribution in [0.5, 0.6) is 5.75 Å². The molecule has 0 atom stereocenters. The first-order chi connectivity index (χ1) is 12.4. The summed E-state index contributed by atoms with van der Waals surface area (Å²) in [5, 5.41) is 9.56. The molecule has 26 heavy (non-hydrogen) atoms. The first-order valence-corrected chi connectivity index (χ1v) is 8.88. The highest BCUT2D eigenvalue weighted by Crippen LogP contribution is 2.36. The number of hydrogen-bond donors (Lipinski definition) is 0. The summed E-state index contributed by atoms with van der Waals surface area (Å²) < 4.78 is 40.8. The van der Waals surface area contributed by atoms with E-state index in [2.05, 4.69) is 13.2 Å². The highest BCUT2D eigenvalue weighted by Gasteiger charge is 2.39. The standard InChI is InChI=1S/C19H17NO5S/c1-4-23-19(14-20,24-5-2)17-8-6-7-9-18(17)25-26(21,22)16-12-10-15(3)11-13-16/h4-13H,1-2H2,3H3. The molecule has 0 radical (unpaired) electrons. The Morgan fingerprint density at radius 3 is 2.15 bits per heavy atom. The summed E-state index contributed by atoms with van der Waals surface area (Å²) in [7, 11) is -4.12. The van der Waals surface area contributed by atoms with E-state index in [1.54, 1.807) is 24.3 Å². The summed E-state index contributed by atoms with van der Waals surface area (Å²) in [4.78, 5) is -0.0188. The van der Waals surface area contributed by atoms with Gasteiger partial charge in [0.15, 0.2) is 11.8 Å². The molecule has 0 saturated heterocycles. The zero-order valence-electron chi connectivity index (χ0n) is 14.1. The van der Waals surface area contributed by atoms with Gasteiger partial charge in [-0.2, -0.15) is 13.7 Å². The van der Waals surface area contributed by atoms with Crippen LogP contribution < -0.4 is 4.18 Å². The first kappa shape index (κ1) is 19.1. The lowest BCUT2D eigenvalue weighted by atomic mass is 10.1. The van der Waals surface area contributed by atoms with Gasteiger partial charge in [0.1, 0.15) is 4.90 Å². The Morgan fingerprint density at radius 1 is 1.04 bits per heavy atom. The molecule has 0 bridgehead atoms. The molecular formula is C19H17NO5S. The van der Waals surface area contributed by atoms with E-state index in [0.29, 0.717) is 0 Å². The first-order valence-electron chi connectivity index (χ1n) is 7.48. The number of nitriles is 1. The normalized spacial score (nSPS) is 11.1. The van der Waals surface area contributed by atoms with Crippen molar-refractivity contribution in [1.82, 2.24) is 0 Å². The number of hydrogen-bond acceptors (Lipinski definition) is 6. The molecule has 0 heterocycles. The van der Waals surface area contributed by atoms with E-state index in [-0.39, 0.29) is 16.2 Å². The third-order valence-corrected chi connectivity index (χ3v) is 4.65. The van der Waals surface area contributed by atoms with Crippen molar-refractivity contribution in [3.63, 3.8) is 0 Å². The smallest absolute Gasteiger partial charge is 0.372 e. The fourth-order valence-corrected chi connectivity index (χ4v) is 3.13. The van der Waals surface area contributed by atoms with Gasteiger partial charge in [-0.1, -0.05) is 43.0 Å². The molecule has 0 unspecified atom stereocenters. The SMILES string of the molecule is C=COC(C#N)(OC=C)c1ccccc1OS(=O)(=O)c1ccc(C)cc1. The van der Waals surface area contributed by atoms with Gasteiger partial charge in [0.2, 0.25) is 0 Å². The number of benzene rings is 2. The topological polar surface area (TPSA) is 85.6 Å². The monoisotopic (exact) mass is 371 g/mol. The average Bonchev–Trinajstić information content (AvgIpc) is 2.62. The lowest BCUT2D eigenvalue weighted by Crippen LogP contribution is -2.29. The van der Waals surface area contributed by atoms with E-state index in [0.717, 1.165) is 18.1 Å². The molecule has 0 aliphatic rings. The molecule has 0 spiro atoms. The molecule has 2 aromatic carbocycles. The second-order valence-electron chi connectivity index (χ2n) is 5.14. The van der Waals surface area contributed by atoms with E-state index in [1.165, 1.54) is 24.3 Å². The van der Waals surface area contributed by atoms with Gasteiger partial charge < -0.3 is 13.7 Å². The molecule has 0 fully saturated rings. The molecule has 0 saturated carbocycles. The molecule has 134 valence electrons. The molecule has 0 aromatic heterocycles. The Morgan fingerprint density at radius 2 is 1.62 bits per heavy atom. The van der Waals surface area contributed by atoms with E-state index in [1.807, 2.05) is 13.0 Å². The fraction of sp³-hybridized carbons (Fsp3) is 0.105. The molecule has 2 rings (SSSR count). The fourth-order valence-electron chi connectivity index (χ4n) is 2.18. The van der Waals surface area contributed by atoms with Gasteiger partial charge >= 0.3 is 15.9 Å². The summed E-state index contributed by atoms with van der Waals surface area (Å²) >= 11 is 0. The van der Waals surface area contributed by atoms with Gasteiger partial charge in [-0.05, 0) is 31.2 Å². The number of ether oxygens (including phenoxy) is 2. The lowest BCUT2D eigenvalue weighted by Gasteiger charge is -2.26. The van der Waals surface area contributed by atoms with Crippen LogP contribution in [-0.4, -0.2) is 8.42 Å². The molecule has 2 aromatic rings. The lowest BCUT2D eigenvalue weighted by molar-refractivity contribution is -0.134. The van der Waals surface area contributed by atoms with Crippen LogP contribution in [0.15, 0.2) is 79.1 Å². The Kier molecular flexibility index (Phi) is 5.70. The van der Waals surface area contributed by atoms with Crippen molar-refractivity contribution in [3.05, 3.63) is 85.3 Å². The second kappa shape index (κ2) is 7.76. The minimum absolute atomic E-state index is 0.0188. The van der Waals surface area contributed by atoms with Crippen LogP contribution in [0.25, 0.3) is 0 Å². The van der Waals surface area contributed by atoms with Gasteiger partial charge in [-0.3, -0.25) is 0 Å². The van der Waals surface area contributed by atoms with Gasteiger partial charge in [-0.25, -0.2) is 0 Å². The Labute approximate surface area is 152 Å². The van der Waals surface area contributed by atoms with Crippen LogP contribution in [0.2, 0.25) is 0 Å². The number of rotatable bonds is 8. The summed E-state index contributed by atoms with van der Waals surface area (Å²) in [6, 6.07) is 14.0. The largest absolute Gasteiger partial charge is 0.445 e. The Balaban J connectivity index is 2.52. The summed E-state index contributed by atoms with van der Waals surface area (Å²) in [5.41, 5.74) is 0.963. The molecule has 0 aliphatic heterocycles. The van der Waals surface area contributed by atoms with Crippen molar-refractivity contribution < 1.29 is 22.1 Å². The average molecular weight is 371 g/mol. The number of nitrogens with zero attached hydrogens (tertiary/aromatic N) is 1. The molecule has 0 amide bonds. The van der Waals surface area contributed by atoms with E-state index >= 15 is 0 Å². The zero-order chi connectivity index (χ0) is 19.2. The van der Waals surface area contributed by atoms with Crippen LogP contribution in [0.3, 0.4) is 0 Å². The van der Waals surface area contributed by atoms with Gasteiger partial charge in [0.05, 0.1) is 18.1 Å². The molecule has 6 nitrogen and oxygen atoms in total. The summed E-state index contributed by atoms with van der Waals surface area (Å²) in [6.07, 6.45) is 2.02. The van der Waals surface area contributed by atoms with Gasteiger partial charge in [0.25, 0.3) is 0 Å². The maximum atomic E-state index is 12.6. The van der Waals surface area contributed by atoms with Crippen molar-refractivity contribution in [3.8, 4) is 11.8 Å². The Bertz CT molecular complexity index is 933. The minimum Gasteiger partial charge on any atom is -0.445 e. The zero-order valence-corrected chi connectivity index (χ0v) is 14.9. The van der Waals surface area contributed by atoms with Gasteiger partial charge in [-0.15, -0.1) is 0 Å². The maximum Gasteiger partial charge on any atom is 0.372 e. The third-order valence-electron chi connectivity index (χ3n) is 3.40. The van der Waals surface area contributed by atoms with Gasteiger partial charge in [0, 0.05) is 0 Å². The highest BCUT2D eigenvalue weighted by atomic mass is 32.2. The van der Waals surface area contributed by atoms with Crippen molar-refractivity contribution >= 4 is 10.1 Å². The maximum absolute atomic E-state index is 12.6. The number of para-hydroxylation sites is 1. The highest BCUT2D eigenvalue weighted by molar-refractivity contribution is 7.87. The van der Waals surface area contributed by atoms with E-state index in [9.17, 15) is 13.7 Å². The third kappa shape index (κ3) is 3.87. The van der Waals surface area contributed by atoms with Crippen LogP contribution in [0.4, 0.5) is 0 Å². The minimum atomic E-state index is -4.12.